The molecular formula is C15H22N2O4S. The van der Waals surface area contributed by atoms with Crippen molar-refractivity contribution in [3.05, 3.63) is 24.3 Å². The first-order chi connectivity index (χ1) is 10.1. The minimum atomic E-state index is -3.40. The molecule has 1 aromatic rings. The Morgan fingerprint density at radius 1 is 1.36 bits per heavy atom. The highest BCUT2D eigenvalue weighted by molar-refractivity contribution is 7.90. The number of sulfone groups is 1. The third kappa shape index (κ3) is 3.98. The molecule has 0 aliphatic carbocycles. The average molecular weight is 326 g/mol. The summed E-state index contributed by atoms with van der Waals surface area (Å²) in [5, 5.41) is 2.70. The van der Waals surface area contributed by atoms with E-state index in [0.29, 0.717) is 18.8 Å². The highest BCUT2D eigenvalue weighted by atomic mass is 32.2. The topological polar surface area (TPSA) is 75.7 Å². The lowest BCUT2D eigenvalue weighted by atomic mass is 10.1. The fourth-order valence-electron chi connectivity index (χ4n) is 2.70. The third-order valence-corrected chi connectivity index (χ3v) is 4.54. The Bertz CT molecular complexity index is 670. The number of morpholine rings is 1. The van der Waals surface area contributed by atoms with Crippen molar-refractivity contribution in [3.8, 4) is 0 Å². The van der Waals surface area contributed by atoms with Gasteiger partial charge in [-0.25, -0.2) is 13.2 Å². The van der Waals surface area contributed by atoms with Crippen molar-refractivity contribution in [2.75, 3.05) is 24.7 Å². The van der Waals surface area contributed by atoms with E-state index >= 15 is 0 Å². The number of amides is 2. The molecule has 0 bridgehead atoms. The van der Waals surface area contributed by atoms with Gasteiger partial charge in [0.15, 0.2) is 9.84 Å². The molecule has 1 N–H and O–H groups in total. The zero-order valence-corrected chi connectivity index (χ0v) is 14.1. The predicted molar refractivity (Wildman–Crippen MR) is 84.8 cm³/mol. The number of ether oxygens (including phenoxy) is 1. The van der Waals surface area contributed by atoms with E-state index in [0.717, 1.165) is 6.26 Å². The number of carbonyl (C=O) groups is 1. The number of urea groups is 1. The number of hydrogen-bond donors (Lipinski definition) is 1. The molecule has 6 nitrogen and oxygen atoms in total. The summed E-state index contributed by atoms with van der Waals surface area (Å²) in [6.07, 6.45) is 1.05. The molecule has 0 aromatic heterocycles. The summed E-state index contributed by atoms with van der Waals surface area (Å²) in [5.41, 5.74) is -0.127. The molecule has 7 heteroatoms. The van der Waals surface area contributed by atoms with Crippen molar-refractivity contribution >= 4 is 21.6 Å². The Hall–Kier alpha value is -1.60. The Labute approximate surface area is 131 Å². The first-order valence-corrected chi connectivity index (χ1v) is 9.00. The molecule has 1 aliphatic rings. The first kappa shape index (κ1) is 16.8. The fourth-order valence-corrected chi connectivity index (χ4v) is 3.54. The van der Waals surface area contributed by atoms with Gasteiger partial charge in [0.2, 0.25) is 0 Å². The molecular weight excluding hydrogens is 304 g/mol. The van der Waals surface area contributed by atoms with Gasteiger partial charge in [-0.05, 0) is 32.9 Å². The number of rotatable bonds is 2. The molecule has 0 spiro atoms. The zero-order chi connectivity index (χ0) is 16.5. The maximum absolute atomic E-state index is 12.4. The molecule has 2 rings (SSSR count). The summed E-state index contributed by atoms with van der Waals surface area (Å²) in [7, 11) is -3.40. The number of anilines is 1. The van der Waals surface area contributed by atoms with Crippen LogP contribution >= 0.6 is 0 Å². The first-order valence-electron chi connectivity index (χ1n) is 7.11. The van der Waals surface area contributed by atoms with E-state index in [2.05, 4.69) is 5.32 Å². The van der Waals surface area contributed by atoms with Crippen LogP contribution in [0, 0.1) is 0 Å². The second-order valence-electron chi connectivity index (χ2n) is 6.27. The lowest BCUT2D eigenvalue weighted by molar-refractivity contribution is -0.116. The molecule has 0 saturated carbocycles. The van der Waals surface area contributed by atoms with Crippen LogP contribution in [0.1, 0.15) is 20.8 Å². The SMILES string of the molecule is CC1CN(C(=O)Nc2ccccc2S(C)(=O)=O)CC(C)(C)O1. The lowest BCUT2D eigenvalue weighted by Crippen LogP contribution is -2.54. The molecule has 1 fully saturated rings. The summed E-state index contributed by atoms with van der Waals surface area (Å²) >= 11 is 0. The lowest BCUT2D eigenvalue weighted by Gasteiger charge is -2.41. The van der Waals surface area contributed by atoms with Crippen LogP contribution in [0.2, 0.25) is 0 Å². The molecule has 2 amide bonds. The molecule has 1 aromatic carbocycles. The maximum atomic E-state index is 12.4. The molecule has 122 valence electrons. The standard InChI is InChI=1S/C15H22N2O4S/c1-11-9-17(10-15(2,3)21-11)14(18)16-12-7-5-6-8-13(12)22(4,19)20/h5-8,11H,9-10H2,1-4H3,(H,16,18). The number of nitrogens with zero attached hydrogens (tertiary/aromatic N) is 1. The Kier molecular flexibility index (Phi) is 4.49. The summed E-state index contributed by atoms with van der Waals surface area (Å²) in [6.45, 7) is 6.67. The highest BCUT2D eigenvalue weighted by Crippen LogP contribution is 2.24. The van der Waals surface area contributed by atoms with Crippen LogP contribution in [-0.2, 0) is 14.6 Å². The zero-order valence-electron chi connectivity index (χ0n) is 13.3. The maximum Gasteiger partial charge on any atom is 0.322 e. The Morgan fingerprint density at radius 3 is 2.59 bits per heavy atom. The van der Waals surface area contributed by atoms with Gasteiger partial charge in [-0.2, -0.15) is 0 Å². The van der Waals surface area contributed by atoms with Crippen LogP contribution in [0.15, 0.2) is 29.2 Å². The van der Waals surface area contributed by atoms with Gasteiger partial charge in [0.25, 0.3) is 0 Å². The Morgan fingerprint density at radius 2 is 2.00 bits per heavy atom. The monoisotopic (exact) mass is 326 g/mol. The Balaban J connectivity index is 2.20. The van der Waals surface area contributed by atoms with Crippen LogP contribution < -0.4 is 5.32 Å². The van der Waals surface area contributed by atoms with Crippen molar-refractivity contribution in [3.63, 3.8) is 0 Å². The van der Waals surface area contributed by atoms with Crippen molar-refractivity contribution in [1.29, 1.82) is 0 Å². The second kappa shape index (κ2) is 5.89. The van der Waals surface area contributed by atoms with Gasteiger partial charge >= 0.3 is 6.03 Å². The van der Waals surface area contributed by atoms with Gasteiger partial charge in [-0.15, -0.1) is 0 Å². The van der Waals surface area contributed by atoms with Crippen LogP contribution in [-0.4, -0.2) is 50.4 Å². The predicted octanol–water partition coefficient (Wildman–Crippen LogP) is 2.12. The van der Waals surface area contributed by atoms with Crippen molar-refractivity contribution in [2.45, 2.75) is 37.4 Å². The molecule has 1 unspecified atom stereocenters. The largest absolute Gasteiger partial charge is 0.369 e. The summed E-state index contributed by atoms with van der Waals surface area (Å²) in [5.74, 6) is 0. The number of benzene rings is 1. The molecule has 1 heterocycles. The molecule has 1 atom stereocenters. The van der Waals surface area contributed by atoms with E-state index in [4.69, 9.17) is 4.74 Å². The van der Waals surface area contributed by atoms with E-state index in [1.807, 2.05) is 20.8 Å². The second-order valence-corrected chi connectivity index (χ2v) is 8.25. The van der Waals surface area contributed by atoms with E-state index in [9.17, 15) is 13.2 Å². The minimum absolute atomic E-state index is 0.0698. The van der Waals surface area contributed by atoms with Crippen molar-refractivity contribution in [2.24, 2.45) is 0 Å². The molecule has 0 radical (unpaired) electrons. The molecule has 1 aliphatic heterocycles. The van der Waals surface area contributed by atoms with Crippen LogP contribution in [0.3, 0.4) is 0 Å². The van der Waals surface area contributed by atoms with Gasteiger partial charge in [0.1, 0.15) is 0 Å². The molecule has 1 saturated heterocycles. The van der Waals surface area contributed by atoms with E-state index in [-0.39, 0.29) is 17.0 Å². The number of para-hydroxylation sites is 1. The van der Waals surface area contributed by atoms with Crippen molar-refractivity contribution in [1.82, 2.24) is 4.90 Å². The number of carbonyl (C=O) groups excluding carboxylic acids is 1. The van der Waals surface area contributed by atoms with E-state index in [1.54, 1.807) is 23.1 Å². The molecule has 22 heavy (non-hydrogen) atoms. The van der Waals surface area contributed by atoms with E-state index < -0.39 is 15.4 Å². The normalized spacial score (nSPS) is 21.5. The van der Waals surface area contributed by atoms with Gasteiger partial charge in [-0.1, -0.05) is 12.1 Å². The van der Waals surface area contributed by atoms with E-state index in [1.165, 1.54) is 6.07 Å². The van der Waals surface area contributed by atoms with Gasteiger partial charge < -0.3 is 15.0 Å². The van der Waals surface area contributed by atoms with Gasteiger partial charge in [0.05, 0.1) is 28.8 Å². The third-order valence-electron chi connectivity index (χ3n) is 3.38. The van der Waals surface area contributed by atoms with Gasteiger partial charge in [0, 0.05) is 12.8 Å². The summed E-state index contributed by atoms with van der Waals surface area (Å²) < 4.78 is 29.3. The average Bonchev–Trinajstić information content (AvgIpc) is 2.35. The van der Waals surface area contributed by atoms with Gasteiger partial charge in [-0.3, -0.25) is 0 Å². The number of hydrogen-bond acceptors (Lipinski definition) is 4. The minimum Gasteiger partial charge on any atom is -0.369 e. The summed E-state index contributed by atoms with van der Waals surface area (Å²) in [6, 6.07) is 6.07. The smallest absolute Gasteiger partial charge is 0.322 e. The summed E-state index contributed by atoms with van der Waals surface area (Å²) in [4.78, 5) is 14.2. The van der Waals surface area contributed by atoms with Crippen LogP contribution in [0.5, 0.6) is 0 Å². The highest BCUT2D eigenvalue weighted by Gasteiger charge is 2.34. The van der Waals surface area contributed by atoms with Crippen molar-refractivity contribution < 1.29 is 17.9 Å². The quantitative estimate of drug-likeness (QED) is 0.903. The van der Waals surface area contributed by atoms with Crippen LogP contribution in [0.25, 0.3) is 0 Å². The number of nitrogens with one attached hydrogen (secondary N) is 1. The fraction of sp³-hybridized carbons (Fsp3) is 0.533. The van der Waals surface area contributed by atoms with Crippen LogP contribution in [0.4, 0.5) is 10.5 Å².